The number of morpholine rings is 1. The average molecular weight is 357 g/mol. The molecule has 0 saturated carbocycles. The number of aromatic nitrogens is 2. The zero-order valence-electron chi connectivity index (χ0n) is 10.3. The van der Waals surface area contributed by atoms with Crippen LogP contribution in [0.15, 0.2) is 15.5 Å². The third-order valence-corrected chi connectivity index (χ3v) is 3.37. The third-order valence-electron chi connectivity index (χ3n) is 2.60. The monoisotopic (exact) mass is 356 g/mol. The molecule has 1 aliphatic rings. The summed E-state index contributed by atoms with van der Waals surface area (Å²) in [6.07, 6.45) is -3.30. The van der Waals surface area contributed by atoms with Gasteiger partial charge in [0.25, 0.3) is 5.56 Å². The molecule has 2 heterocycles. The van der Waals surface area contributed by atoms with Gasteiger partial charge in [-0.1, -0.05) is 0 Å². The van der Waals surface area contributed by atoms with E-state index in [-0.39, 0.29) is 4.47 Å². The van der Waals surface area contributed by atoms with E-state index in [1.54, 1.807) is 5.01 Å². The molecule has 0 amide bonds. The lowest BCUT2D eigenvalue weighted by molar-refractivity contribution is -0.143. The van der Waals surface area contributed by atoms with Crippen LogP contribution in [0.3, 0.4) is 0 Å². The van der Waals surface area contributed by atoms with Crippen molar-refractivity contribution in [1.29, 1.82) is 0 Å². The maximum atomic E-state index is 12.3. The van der Waals surface area contributed by atoms with Gasteiger partial charge in [0.05, 0.1) is 25.1 Å². The van der Waals surface area contributed by atoms with E-state index in [0.29, 0.717) is 36.7 Å². The summed E-state index contributed by atoms with van der Waals surface area (Å²) in [6, 6.07) is 0. The van der Waals surface area contributed by atoms with Gasteiger partial charge in [-0.25, -0.2) is 9.69 Å². The molecular weight excluding hydrogens is 345 g/mol. The van der Waals surface area contributed by atoms with E-state index in [4.69, 9.17) is 4.74 Å². The first-order valence-corrected chi connectivity index (χ1v) is 6.58. The summed E-state index contributed by atoms with van der Waals surface area (Å²) in [5, 5.41) is 5.33. The van der Waals surface area contributed by atoms with Gasteiger partial charge in [0.15, 0.2) is 0 Å². The number of nitrogens with one attached hydrogen (secondary N) is 1. The van der Waals surface area contributed by atoms with Gasteiger partial charge < -0.3 is 10.2 Å². The van der Waals surface area contributed by atoms with Crippen molar-refractivity contribution >= 4 is 21.6 Å². The Kier molecular flexibility index (Phi) is 4.66. The SMILES string of the molecule is O=c1c(Br)c(NN2CCOCC2)cnn1CC(F)(F)F. The fraction of sp³-hybridized carbons (Fsp3) is 0.600. The van der Waals surface area contributed by atoms with E-state index in [1.807, 2.05) is 0 Å². The smallest absolute Gasteiger partial charge is 0.379 e. The summed E-state index contributed by atoms with van der Waals surface area (Å²) in [4.78, 5) is 11.8. The predicted octanol–water partition coefficient (Wildman–Crippen LogP) is 1.23. The fourth-order valence-electron chi connectivity index (χ4n) is 1.67. The molecule has 0 atom stereocenters. The molecule has 112 valence electrons. The molecule has 1 saturated heterocycles. The molecule has 0 aromatic carbocycles. The number of hydrogen-bond acceptors (Lipinski definition) is 5. The third kappa shape index (κ3) is 3.93. The predicted molar refractivity (Wildman–Crippen MR) is 68.3 cm³/mol. The van der Waals surface area contributed by atoms with Gasteiger partial charge >= 0.3 is 6.18 Å². The van der Waals surface area contributed by atoms with E-state index < -0.39 is 18.3 Å². The lowest BCUT2D eigenvalue weighted by atomic mass is 10.4. The largest absolute Gasteiger partial charge is 0.408 e. The van der Waals surface area contributed by atoms with Crippen LogP contribution in [0.4, 0.5) is 18.9 Å². The second kappa shape index (κ2) is 6.10. The molecule has 0 spiro atoms. The summed E-state index contributed by atoms with van der Waals surface area (Å²) in [7, 11) is 0. The number of ether oxygens (including phenoxy) is 1. The molecule has 0 radical (unpaired) electrons. The van der Waals surface area contributed by atoms with Crippen molar-refractivity contribution in [2.45, 2.75) is 12.7 Å². The Labute approximate surface area is 120 Å². The zero-order valence-corrected chi connectivity index (χ0v) is 11.9. The van der Waals surface area contributed by atoms with E-state index in [9.17, 15) is 18.0 Å². The number of rotatable bonds is 3. The molecule has 0 bridgehead atoms. The number of hydrazine groups is 1. The normalized spacial score (nSPS) is 17.2. The van der Waals surface area contributed by atoms with Crippen LogP contribution in [0, 0.1) is 0 Å². The Morgan fingerprint density at radius 3 is 2.65 bits per heavy atom. The molecule has 10 heteroatoms. The van der Waals surface area contributed by atoms with Crippen LogP contribution in [0.5, 0.6) is 0 Å². The lowest BCUT2D eigenvalue weighted by Gasteiger charge is -2.28. The quantitative estimate of drug-likeness (QED) is 0.882. The van der Waals surface area contributed by atoms with Gasteiger partial charge in [0, 0.05) is 13.1 Å². The van der Waals surface area contributed by atoms with E-state index >= 15 is 0 Å². The molecule has 0 unspecified atom stereocenters. The summed E-state index contributed by atoms with van der Waals surface area (Å²) in [5.74, 6) is 0. The van der Waals surface area contributed by atoms with E-state index in [1.165, 1.54) is 6.20 Å². The minimum atomic E-state index is -4.49. The van der Waals surface area contributed by atoms with Gasteiger partial charge in [-0.15, -0.1) is 0 Å². The van der Waals surface area contributed by atoms with Crippen LogP contribution < -0.4 is 11.0 Å². The molecule has 20 heavy (non-hydrogen) atoms. The number of halogens is 4. The van der Waals surface area contributed by atoms with Crippen LogP contribution in [-0.2, 0) is 11.3 Å². The molecule has 1 N–H and O–H groups in total. The van der Waals surface area contributed by atoms with Crippen LogP contribution in [-0.4, -0.2) is 47.3 Å². The summed E-state index contributed by atoms with van der Waals surface area (Å²) in [5.41, 5.74) is 2.43. The van der Waals surface area contributed by atoms with Crippen molar-refractivity contribution in [1.82, 2.24) is 14.8 Å². The Bertz CT molecular complexity index is 528. The molecule has 1 aromatic rings. The number of anilines is 1. The van der Waals surface area contributed by atoms with Crippen LogP contribution >= 0.6 is 15.9 Å². The van der Waals surface area contributed by atoms with Crippen LogP contribution in [0.1, 0.15) is 0 Å². The molecule has 2 rings (SSSR count). The van der Waals surface area contributed by atoms with Crippen molar-refractivity contribution in [3.05, 3.63) is 21.0 Å². The molecule has 0 aliphatic carbocycles. The molecular formula is C10H12BrF3N4O2. The highest BCUT2D eigenvalue weighted by atomic mass is 79.9. The highest BCUT2D eigenvalue weighted by molar-refractivity contribution is 9.10. The maximum absolute atomic E-state index is 12.3. The minimum absolute atomic E-state index is 0.0169. The van der Waals surface area contributed by atoms with Crippen molar-refractivity contribution in [2.75, 3.05) is 31.7 Å². The second-order valence-electron chi connectivity index (χ2n) is 4.16. The maximum Gasteiger partial charge on any atom is 0.408 e. The fourth-order valence-corrected chi connectivity index (χ4v) is 2.07. The van der Waals surface area contributed by atoms with Gasteiger partial charge in [-0.3, -0.25) is 4.79 Å². The topological polar surface area (TPSA) is 59.4 Å². The Balaban J connectivity index is 2.15. The average Bonchev–Trinajstić information content (AvgIpc) is 2.38. The van der Waals surface area contributed by atoms with Gasteiger partial charge in [-0.2, -0.15) is 18.3 Å². The number of alkyl halides is 3. The first-order valence-electron chi connectivity index (χ1n) is 5.78. The van der Waals surface area contributed by atoms with Crippen molar-refractivity contribution < 1.29 is 17.9 Å². The standard InChI is InChI=1S/C10H12BrF3N4O2/c11-8-7(16-17-1-3-20-4-2-17)5-15-18(9(8)19)6-10(12,13)14/h5,16H,1-4,6H2. The summed E-state index contributed by atoms with van der Waals surface area (Å²) in [6.45, 7) is 0.894. The summed E-state index contributed by atoms with van der Waals surface area (Å²) < 4.78 is 42.4. The van der Waals surface area contributed by atoms with Crippen LogP contribution in [0.25, 0.3) is 0 Å². The van der Waals surface area contributed by atoms with Crippen molar-refractivity contribution in [3.8, 4) is 0 Å². The highest BCUT2D eigenvalue weighted by Crippen LogP contribution is 2.20. The van der Waals surface area contributed by atoms with Gasteiger partial charge in [-0.05, 0) is 15.9 Å². The van der Waals surface area contributed by atoms with Gasteiger partial charge in [0.2, 0.25) is 0 Å². The van der Waals surface area contributed by atoms with E-state index in [2.05, 4.69) is 26.5 Å². The molecule has 1 aliphatic heterocycles. The molecule has 1 fully saturated rings. The Morgan fingerprint density at radius 1 is 1.40 bits per heavy atom. The second-order valence-corrected chi connectivity index (χ2v) is 4.95. The number of nitrogens with zero attached hydrogens (tertiary/aromatic N) is 3. The minimum Gasteiger partial charge on any atom is -0.379 e. The lowest BCUT2D eigenvalue weighted by Crippen LogP contribution is -2.41. The Hall–Kier alpha value is -1.13. The van der Waals surface area contributed by atoms with Crippen molar-refractivity contribution in [2.24, 2.45) is 0 Å². The summed E-state index contributed by atoms with van der Waals surface area (Å²) >= 11 is 3.00. The van der Waals surface area contributed by atoms with Gasteiger partial charge in [0.1, 0.15) is 11.0 Å². The Morgan fingerprint density at radius 2 is 2.05 bits per heavy atom. The molecule has 6 nitrogen and oxygen atoms in total. The first-order chi connectivity index (χ1) is 9.37. The zero-order chi connectivity index (χ0) is 14.8. The molecule has 1 aromatic heterocycles. The van der Waals surface area contributed by atoms with E-state index in [0.717, 1.165) is 0 Å². The van der Waals surface area contributed by atoms with Crippen LogP contribution in [0.2, 0.25) is 0 Å². The van der Waals surface area contributed by atoms with Crippen molar-refractivity contribution in [3.63, 3.8) is 0 Å². The highest BCUT2D eigenvalue weighted by Gasteiger charge is 2.29. The first kappa shape index (κ1) is 15.3. The number of hydrogen-bond donors (Lipinski definition) is 1.